The number of carbonyl (C=O) groups excluding carboxylic acids is 2. The fourth-order valence-electron chi connectivity index (χ4n) is 9.97. The lowest BCUT2D eigenvalue weighted by Gasteiger charge is -2.57. The van der Waals surface area contributed by atoms with Gasteiger partial charge in [0, 0.05) is 24.0 Å². The minimum Gasteiger partial charge on any atom is -0.352 e. The number of nitrogens with one attached hydrogen (secondary N) is 1. The maximum absolute atomic E-state index is 14.6. The Labute approximate surface area is 302 Å². The molecule has 9 heteroatoms. The van der Waals surface area contributed by atoms with Crippen LogP contribution < -0.4 is 9.62 Å². The number of sulfonamides is 1. The molecule has 0 aliphatic heterocycles. The number of hydrogen-bond donors (Lipinski definition) is 1. The van der Waals surface area contributed by atoms with Crippen LogP contribution in [0.1, 0.15) is 87.3 Å². The van der Waals surface area contributed by atoms with E-state index in [-0.39, 0.29) is 30.3 Å². The summed E-state index contributed by atoms with van der Waals surface area (Å²) in [6, 6.07) is 24.1. The lowest BCUT2D eigenvalue weighted by molar-refractivity contribution is -0.140. The molecule has 7 nitrogen and oxygen atoms in total. The van der Waals surface area contributed by atoms with Crippen molar-refractivity contribution in [3.8, 4) is 0 Å². The first-order valence-electron chi connectivity index (χ1n) is 18.5. The maximum atomic E-state index is 14.6. The molecule has 3 aromatic carbocycles. The summed E-state index contributed by atoms with van der Waals surface area (Å²) in [5.74, 6) is 1.71. The van der Waals surface area contributed by atoms with Gasteiger partial charge in [-0.15, -0.1) is 0 Å². The van der Waals surface area contributed by atoms with Crippen molar-refractivity contribution >= 4 is 39.1 Å². The summed E-state index contributed by atoms with van der Waals surface area (Å²) in [7, 11) is -3.85. The molecule has 3 aromatic rings. The predicted molar refractivity (Wildman–Crippen MR) is 199 cm³/mol. The van der Waals surface area contributed by atoms with E-state index >= 15 is 0 Å². The molecule has 1 atom stereocenters. The fraction of sp³-hybridized carbons (Fsp3) is 0.512. The second-order valence-corrected chi connectivity index (χ2v) is 18.0. The Morgan fingerprint density at radius 2 is 1.44 bits per heavy atom. The monoisotopic (exact) mass is 715 g/mol. The van der Waals surface area contributed by atoms with Crippen molar-refractivity contribution in [2.24, 2.45) is 17.8 Å². The number of hydrogen-bond acceptors (Lipinski definition) is 4. The Morgan fingerprint density at radius 1 is 0.840 bits per heavy atom. The van der Waals surface area contributed by atoms with Gasteiger partial charge in [0.15, 0.2) is 0 Å². The average Bonchev–Trinajstić information content (AvgIpc) is 3.09. The van der Waals surface area contributed by atoms with Gasteiger partial charge in [0.1, 0.15) is 12.6 Å². The molecular formula is C41H50ClN3O4S. The summed E-state index contributed by atoms with van der Waals surface area (Å²) in [5, 5.41) is 3.74. The third-order valence-electron chi connectivity index (χ3n) is 12.0. The van der Waals surface area contributed by atoms with Crippen LogP contribution in [0.4, 0.5) is 5.69 Å². The first kappa shape index (κ1) is 35.1. The Balaban J connectivity index is 1.19. The Morgan fingerprint density at radius 3 is 2.04 bits per heavy atom. The zero-order valence-electron chi connectivity index (χ0n) is 29.1. The van der Waals surface area contributed by atoms with Gasteiger partial charge in [-0.1, -0.05) is 91.5 Å². The Hall–Kier alpha value is -3.36. The third kappa shape index (κ3) is 7.76. The minimum atomic E-state index is -3.85. The van der Waals surface area contributed by atoms with Crippen LogP contribution in [0.15, 0.2) is 78.9 Å². The molecule has 266 valence electrons. The second-order valence-electron chi connectivity index (χ2n) is 15.7. The summed E-state index contributed by atoms with van der Waals surface area (Å²) in [6.07, 6.45) is 14.2. The van der Waals surface area contributed by atoms with Crippen molar-refractivity contribution < 1.29 is 18.0 Å². The molecule has 0 heterocycles. The SMILES string of the molecule is CS(=O)(=O)N(CC(=O)N(Cc1ccccc1Cl)C(Cc1ccccc1)C(=O)NC1CCCCC1)c1ccc(C23CC4CC(CC(C4)C2)C3)cc1. The molecule has 8 rings (SSSR count). The molecule has 1 unspecified atom stereocenters. The van der Waals surface area contributed by atoms with Crippen LogP contribution in [0.5, 0.6) is 0 Å². The Kier molecular flexibility index (Phi) is 10.3. The van der Waals surface area contributed by atoms with Crippen LogP contribution in [-0.4, -0.2) is 50.0 Å². The van der Waals surface area contributed by atoms with Gasteiger partial charge in [0.25, 0.3) is 0 Å². The van der Waals surface area contributed by atoms with Crippen LogP contribution in [-0.2, 0) is 38.0 Å². The van der Waals surface area contributed by atoms with Gasteiger partial charge in [0.2, 0.25) is 21.8 Å². The standard InChI is InChI=1S/C41H50ClN3O4S/c1-50(48,49)45(36-18-16-34(17-19-36)41-24-30-20-31(25-41)22-32(21-30)26-41)28-39(46)44(27-33-12-8-9-15-37(33)42)38(23-29-10-4-2-5-11-29)40(47)43-35-13-6-3-7-14-35/h2,4-5,8-12,15-19,30-32,35,38H,3,6-7,13-14,20-28H2,1H3,(H,43,47). The van der Waals surface area contributed by atoms with Gasteiger partial charge in [0.05, 0.1) is 11.9 Å². The zero-order chi connectivity index (χ0) is 34.9. The number of amides is 2. The highest BCUT2D eigenvalue weighted by molar-refractivity contribution is 7.92. The minimum absolute atomic E-state index is 0.0480. The van der Waals surface area contributed by atoms with Gasteiger partial charge in [-0.25, -0.2) is 8.42 Å². The zero-order valence-corrected chi connectivity index (χ0v) is 30.7. The van der Waals surface area contributed by atoms with Crippen molar-refractivity contribution in [3.63, 3.8) is 0 Å². The third-order valence-corrected chi connectivity index (χ3v) is 13.5. The molecule has 0 saturated heterocycles. The highest BCUT2D eigenvalue weighted by Crippen LogP contribution is 2.60. The second kappa shape index (κ2) is 14.7. The van der Waals surface area contributed by atoms with Crippen molar-refractivity contribution in [3.05, 3.63) is 101 Å². The smallest absolute Gasteiger partial charge is 0.244 e. The quantitative estimate of drug-likeness (QED) is 0.209. The predicted octanol–water partition coefficient (Wildman–Crippen LogP) is 7.66. The number of benzene rings is 3. The van der Waals surface area contributed by atoms with Crippen LogP contribution in [0.3, 0.4) is 0 Å². The van der Waals surface area contributed by atoms with E-state index in [0.717, 1.165) is 61.7 Å². The Bertz CT molecular complexity index is 1740. The van der Waals surface area contributed by atoms with E-state index in [9.17, 15) is 18.0 Å². The summed E-state index contributed by atoms with van der Waals surface area (Å²) >= 11 is 6.63. The number of halogens is 1. The molecule has 5 saturated carbocycles. The van der Waals surface area contributed by atoms with E-state index in [1.807, 2.05) is 60.7 Å². The van der Waals surface area contributed by atoms with Crippen molar-refractivity contribution in [2.75, 3.05) is 17.1 Å². The maximum Gasteiger partial charge on any atom is 0.244 e. The van der Waals surface area contributed by atoms with E-state index in [1.54, 1.807) is 6.07 Å². The summed E-state index contributed by atoms with van der Waals surface area (Å²) in [6.45, 7) is -0.362. The summed E-state index contributed by atoms with van der Waals surface area (Å²) < 4.78 is 28.0. The van der Waals surface area contributed by atoms with E-state index in [4.69, 9.17) is 11.6 Å². The molecule has 1 N–H and O–H groups in total. The van der Waals surface area contributed by atoms with Gasteiger partial charge < -0.3 is 10.2 Å². The molecule has 5 aliphatic carbocycles. The van der Waals surface area contributed by atoms with Gasteiger partial charge in [-0.2, -0.15) is 0 Å². The highest BCUT2D eigenvalue weighted by Gasteiger charge is 2.51. The van der Waals surface area contributed by atoms with Crippen molar-refractivity contribution in [1.82, 2.24) is 10.2 Å². The van der Waals surface area contributed by atoms with E-state index in [0.29, 0.717) is 16.3 Å². The molecular weight excluding hydrogens is 666 g/mol. The first-order valence-corrected chi connectivity index (χ1v) is 20.7. The van der Waals surface area contributed by atoms with E-state index < -0.39 is 28.5 Å². The van der Waals surface area contributed by atoms with Crippen LogP contribution in [0.25, 0.3) is 0 Å². The van der Waals surface area contributed by atoms with E-state index in [1.165, 1.54) is 53.3 Å². The lowest BCUT2D eigenvalue weighted by atomic mass is 9.48. The molecule has 5 aliphatic rings. The van der Waals surface area contributed by atoms with Gasteiger partial charge in [-0.05, 0) is 109 Å². The topological polar surface area (TPSA) is 86.8 Å². The number of rotatable bonds is 12. The lowest BCUT2D eigenvalue weighted by Crippen LogP contribution is -2.55. The largest absolute Gasteiger partial charge is 0.352 e. The number of nitrogens with zero attached hydrogens (tertiary/aromatic N) is 2. The van der Waals surface area contributed by atoms with Crippen LogP contribution >= 0.6 is 11.6 Å². The van der Waals surface area contributed by atoms with Crippen molar-refractivity contribution in [1.29, 1.82) is 0 Å². The number of anilines is 1. The molecule has 5 fully saturated rings. The normalized spacial score (nSPS) is 25.2. The van der Waals surface area contributed by atoms with E-state index in [2.05, 4.69) is 17.4 Å². The number of carbonyl (C=O) groups is 2. The molecule has 0 radical (unpaired) electrons. The molecule has 4 bridgehead atoms. The van der Waals surface area contributed by atoms with Gasteiger partial charge >= 0.3 is 0 Å². The van der Waals surface area contributed by atoms with Crippen LogP contribution in [0, 0.1) is 17.8 Å². The highest BCUT2D eigenvalue weighted by atomic mass is 35.5. The molecule has 0 aromatic heterocycles. The molecule has 2 amide bonds. The van der Waals surface area contributed by atoms with Crippen molar-refractivity contribution in [2.45, 2.75) is 101 Å². The first-order chi connectivity index (χ1) is 24.1. The molecule has 50 heavy (non-hydrogen) atoms. The summed E-state index contributed by atoms with van der Waals surface area (Å²) in [4.78, 5) is 30.4. The van der Waals surface area contributed by atoms with Crippen LogP contribution in [0.2, 0.25) is 5.02 Å². The fourth-order valence-corrected chi connectivity index (χ4v) is 11.0. The summed E-state index contributed by atoms with van der Waals surface area (Å²) in [5.41, 5.74) is 3.53. The average molecular weight is 716 g/mol. The molecule has 0 spiro atoms. The van der Waals surface area contributed by atoms with Gasteiger partial charge in [-0.3, -0.25) is 13.9 Å².